The zero-order valence-electron chi connectivity index (χ0n) is 5.90. The van der Waals surface area contributed by atoms with Gasteiger partial charge in [-0.05, 0) is 0 Å². The van der Waals surface area contributed by atoms with Crippen LogP contribution >= 0.6 is 0 Å². The van der Waals surface area contributed by atoms with Crippen molar-refractivity contribution in [1.82, 2.24) is 0 Å². The van der Waals surface area contributed by atoms with Gasteiger partial charge < -0.3 is 9.84 Å². The SMILES string of the molecule is OC1=COC=C2C=CC=CC12. The molecule has 1 heterocycles. The molecule has 0 saturated heterocycles. The highest BCUT2D eigenvalue weighted by atomic mass is 16.5. The van der Waals surface area contributed by atoms with Crippen LogP contribution in [0.1, 0.15) is 0 Å². The molecule has 0 bridgehead atoms. The second-order valence-corrected chi connectivity index (χ2v) is 2.52. The number of ether oxygens (including phenoxy) is 1. The first-order valence-corrected chi connectivity index (χ1v) is 3.47. The topological polar surface area (TPSA) is 29.5 Å². The van der Waals surface area contributed by atoms with Crippen molar-refractivity contribution in [3.8, 4) is 0 Å². The van der Waals surface area contributed by atoms with Crippen molar-refractivity contribution in [2.75, 3.05) is 0 Å². The molecule has 0 radical (unpaired) electrons. The Kier molecular flexibility index (Phi) is 1.32. The van der Waals surface area contributed by atoms with Crippen molar-refractivity contribution >= 4 is 0 Å². The van der Waals surface area contributed by atoms with Crippen LogP contribution in [0.25, 0.3) is 0 Å². The summed E-state index contributed by atoms with van der Waals surface area (Å²) in [6, 6.07) is 0. The monoisotopic (exact) mass is 148 g/mol. The molecule has 0 spiro atoms. The number of hydrogen-bond donors (Lipinski definition) is 1. The maximum Gasteiger partial charge on any atom is 0.139 e. The number of rotatable bonds is 0. The fourth-order valence-electron chi connectivity index (χ4n) is 1.19. The predicted molar refractivity (Wildman–Crippen MR) is 41.6 cm³/mol. The van der Waals surface area contributed by atoms with Crippen LogP contribution in [0.4, 0.5) is 0 Å². The third-order valence-electron chi connectivity index (χ3n) is 1.77. The first-order chi connectivity index (χ1) is 5.38. The highest BCUT2D eigenvalue weighted by Gasteiger charge is 2.19. The predicted octanol–water partition coefficient (Wildman–Crippen LogP) is 2.04. The highest BCUT2D eigenvalue weighted by molar-refractivity contribution is 5.38. The van der Waals surface area contributed by atoms with Gasteiger partial charge in [-0.25, -0.2) is 0 Å². The number of allylic oxidation sites excluding steroid dienone is 4. The van der Waals surface area contributed by atoms with E-state index in [0.29, 0.717) is 0 Å². The molecule has 0 amide bonds. The molecule has 1 N–H and O–H groups in total. The van der Waals surface area contributed by atoms with Gasteiger partial charge in [0, 0.05) is 5.57 Å². The number of aliphatic hydroxyl groups is 1. The number of fused-ring (bicyclic) bond motifs is 1. The van der Waals surface area contributed by atoms with E-state index in [4.69, 9.17) is 4.74 Å². The van der Waals surface area contributed by atoms with Gasteiger partial charge in [0.1, 0.15) is 12.0 Å². The molecule has 0 saturated carbocycles. The van der Waals surface area contributed by atoms with Crippen LogP contribution in [0.3, 0.4) is 0 Å². The summed E-state index contributed by atoms with van der Waals surface area (Å²) in [6.45, 7) is 0. The molecule has 0 aromatic heterocycles. The third kappa shape index (κ3) is 0.963. The lowest BCUT2D eigenvalue weighted by atomic mass is 9.93. The maximum absolute atomic E-state index is 9.31. The first-order valence-electron chi connectivity index (χ1n) is 3.47. The van der Waals surface area contributed by atoms with Gasteiger partial charge in [-0.3, -0.25) is 0 Å². The van der Waals surface area contributed by atoms with Crippen LogP contribution in [0.15, 0.2) is 48.2 Å². The minimum Gasteiger partial charge on any atom is -0.508 e. The molecule has 1 unspecified atom stereocenters. The smallest absolute Gasteiger partial charge is 0.139 e. The molecule has 1 aliphatic carbocycles. The van der Waals surface area contributed by atoms with Gasteiger partial charge in [0.05, 0.1) is 12.2 Å². The summed E-state index contributed by atoms with van der Waals surface area (Å²) in [5, 5.41) is 9.31. The van der Waals surface area contributed by atoms with Gasteiger partial charge in [0.2, 0.25) is 0 Å². The quantitative estimate of drug-likeness (QED) is 0.569. The van der Waals surface area contributed by atoms with Crippen molar-refractivity contribution in [2.45, 2.75) is 0 Å². The van der Waals surface area contributed by atoms with Gasteiger partial charge >= 0.3 is 0 Å². The Bertz CT molecular complexity index is 282. The molecule has 0 aromatic carbocycles. The van der Waals surface area contributed by atoms with E-state index in [1.54, 1.807) is 6.26 Å². The standard InChI is InChI=1S/C9H8O2/c10-9-6-11-5-7-3-1-2-4-8(7)9/h1-6,8,10H. The van der Waals surface area contributed by atoms with E-state index in [0.717, 1.165) is 5.57 Å². The van der Waals surface area contributed by atoms with Crippen LogP contribution in [-0.4, -0.2) is 5.11 Å². The first kappa shape index (κ1) is 6.28. The molecule has 1 atom stereocenters. The van der Waals surface area contributed by atoms with Crippen molar-refractivity contribution in [3.05, 3.63) is 48.2 Å². The van der Waals surface area contributed by atoms with Crippen molar-refractivity contribution in [2.24, 2.45) is 5.92 Å². The molecule has 56 valence electrons. The lowest BCUT2D eigenvalue weighted by Crippen LogP contribution is -2.09. The van der Waals surface area contributed by atoms with E-state index >= 15 is 0 Å². The Morgan fingerprint density at radius 1 is 1.27 bits per heavy atom. The molecule has 2 nitrogen and oxygen atoms in total. The Morgan fingerprint density at radius 2 is 2.18 bits per heavy atom. The number of hydrogen-bond acceptors (Lipinski definition) is 2. The second-order valence-electron chi connectivity index (χ2n) is 2.52. The molecule has 2 heteroatoms. The summed E-state index contributed by atoms with van der Waals surface area (Å²) in [5.74, 6) is 0.275. The van der Waals surface area contributed by atoms with E-state index in [1.165, 1.54) is 6.26 Å². The molecular formula is C9H8O2. The zero-order valence-corrected chi connectivity index (χ0v) is 5.90. The van der Waals surface area contributed by atoms with Gasteiger partial charge in [0.25, 0.3) is 0 Å². The molecule has 2 aliphatic rings. The summed E-state index contributed by atoms with van der Waals surface area (Å²) >= 11 is 0. The fourth-order valence-corrected chi connectivity index (χ4v) is 1.19. The van der Waals surface area contributed by atoms with E-state index in [-0.39, 0.29) is 11.7 Å². The summed E-state index contributed by atoms with van der Waals surface area (Å²) in [4.78, 5) is 0. The highest BCUT2D eigenvalue weighted by Crippen LogP contribution is 2.27. The second kappa shape index (κ2) is 2.31. The Labute approximate surface area is 64.8 Å². The van der Waals surface area contributed by atoms with Crippen molar-refractivity contribution in [1.29, 1.82) is 0 Å². The van der Waals surface area contributed by atoms with Crippen LogP contribution in [-0.2, 0) is 4.74 Å². The molecule has 11 heavy (non-hydrogen) atoms. The van der Waals surface area contributed by atoms with Gasteiger partial charge in [-0.15, -0.1) is 0 Å². The van der Waals surface area contributed by atoms with Crippen LogP contribution in [0.2, 0.25) is 0 Å². The van der Waals surface area contributed by atoms with E-state index in [2.05, 4.69) is 0 Å². The molecule has 0 fully saturated rings. The van der Waals surface area contributed by atoms with Crippen molar-refractivity contribution in [3.63, 3.8) is 0 Å². The van der Waals surface area contributed by atoms with Gasteiger partial charge in [0.15, 0.2) is 0 Å². The fraction of sp³-hybridized carbons (Fsp3) is 0.111. The summed E-state index contributed by atoms with van der Waals surface area (Å²) in [6.07, 6.45) is 10.7. The molecule has 1 aliphatic heterocycles. The lowest BCUT2D eigenvalue weighted by molar-refractivity contribution is 0.291. The molecular weight excluding hydrogens is 140 g/mol. The van der Waals surface area contributed by atoms with Crippen LogP contribution in [0.5, 0.6) is 0 Å². The Balaban J connectivity index is 2.35. The normalized spacial score (nSPS) is 26.7. The van der Waals surface area contributed by atoms with E-state index in [9.17, 15) is 5.11 Å². The summed E-state index contributed by atoms with van der Waals surface area (Å²) in [5.41, 5.74) is 0.993. The maximum atomic E-state index is 9.31. The largest absolute Gasteiger partial charge is 0.508 e. The minimum absolute atomic E-state index is 0.00810. The average Bonchev–Trinajstić information content (AvgIpc) is 2.06. The van der Waals surface area contributed by atoms with E-state index in [1.807, 2.05) is 24.3 Å². The van der Waals surface area contributed by atoms with Gasteiger partial charge in [-0.1, -0.05) is 24.3 Å². The van der Waals surface area contributed by atoms with Crippen LogP contribution in [0, 0.1) is 5.92 Å². The summed E-state index contributed by atoms with van der Waals surface area (Å²) in [7, 11) is 0. The van der Waals surface area contributed by atoms with E-state index < -0.39 is 0 Å². The minimum atomic E-state index is 0.00810. The third-order valence-corrected chi connectivity index (χ3v) is 1.77. The zero-order chi connectivity index (χ0) is 7.68. The van der Waals surface area contributed by atoms with Gasteiger partial charge in [-0.2, -0.15) is 0 Å². The number of aliphatic hydroxyl groups excluding tert-OH is 1. The van der Waals surface area contributed by atoms with Crippen LogP contribution < -0.4 is 0 Å². The lowest BCUT2D eigenvalue weighted by Gasteiger charge is -2.18. The Hall–Kier alpha value is -1.44. The van der Waals surface area contributed by atoms with Crippen molar-refractivity contribution < 1.29 is 9.84 Å². The Morgan fingerprint density at radius 3 is 3.00 bits per heavy atom. The average molecular weight is 148 g/mol. The molecule has 0 aromatic rings. The summed E-state index contributed by atoms with van der Waals surface area (Å²) < 4.78 is 4.89. The molecule has 2 rings (SSSR count).